The Bertz CT molecular complexity index is 779. The summed E-state index contributed by atoms with van der Waals surface area (Å²) in [6.07, 6.45) is -2.84. The molecule has 1 amide bonds. The summed E-state index contributed by atoms with van der Waals surface area (Å²) >= 11 is 11.6. The molecule has 0 aromatic heterocycles. The Kier molecular flexibility index (Phi) is 7.31. The molecule has 6 nitrogen and oxygen atoms in total. The molecule has 1 aliphatic heterocycles. The van der Waals surface area contributed by atoms with Crippen LogP contribution in [0.5, 0.6) is 0 Å². The van der Waals surface area contributed by atoms with Crippen LogP contribution in [0.4, 0.5) is 18.9 Å². The Balaban J connectivity index is 1.88. The fourth-order valence-electron chi connectivity index (χ4n) is 2.53. The predicted molar refractivity (Wildman–Crippen MR) is 96.0 cm³/mol. The fourth-order valence-corrected chi connectivity index (χ4v) is 3.06. The minimum atomic E-state index is -4.98. The van der Waals surface area contributed by atoms with Crippen LogP contribution in [-0.2, 0) is 19.1 Å². The number of carbonyl (C=O) groups excluding carboxylic acids is 3. The second kappa shape index (κ2) is 9.29. The van der Waals surface area contributed by atoms with E-state index in [1.54, 1.807) is 0 Å². The summed E-state index contributed by atoms with van der Waals surface area (Å²) in [6.45, 7) is -0.312. The number of ketones is 1. The van der Waals surface area contributed by atoms with Gasteiger partial charge in [0.05, 0.1) is 0 Å². The molecule has 1 fully saturated rings. The first-order valence-electron chi connectivity index (χ1n) is 8.04. The number of nitrogens with one attached hydrogen (secondary N) is 1. The summed E-state index contributed by atoms with van der Waals surface area (Å²) in [7, 11) is 0. The Morgan fingerprint density at radius 3 is 2.46 bits per heavy atom. The number of hydrogen-bond donors (Lipinski definition) is 1. The molecule has 152 valence electrons. The number of hydrogen-bond acceptors (Lipinski definition) is 5. The van der Waals surface area contributed by atoms with Gasteiger partial charge in [-0.3, -0.25) is 9.59 Å². The highest BCUT2D eigenvalue weighted by atomic mass is 35.5. The number of ether oxygens (including phenoxy) is 1. The summed E-state index contributed by atoms with van der Waals surface area (Å²) in [4.78, 5) is 36.2. The first kappa shape index (κ1) is 22.0. The smallest absolute Gasteiger partial charge is 0.454 e. The van der Waals surface area contributed by atoms with Crippen molar-refractivity contribution >= 4 is 46.5 Å². The van der Waals surface area contributed by atoms with Crippen molar-refractivity contribution in [2.24, 2.45) is 0 Å². The molecule has 28 heavy (non-hydrogen) atoms. The van der Waals surface area contributed by atoms with Crippen LogP contribution in [-0.4, -0.2) is 47.9 Å². The summed E-state index contributed by atoms with van der Waals surface area (Å²) in [5.41, 5.74) is 0.314. The first-order valence-corrected chi connectivity index (χ1v) is 8.79. The number of rotatable bonds is 6. The average Bonchev–Trinajstić information content (AvgIpc) is 3.04. The molecule has 1 atom stereocenters. The van der Waals surface area contributed by atoms with E-state index in [4.69, 9.17) is 27.9 Å². The van der Waals surface area contributed by atoms with Crippen LogP contribution in [0.3, 0.4) is 0 Å². The molecule has 1 unspecified atom stereocenters. The Morgan fingerprint density at radius 1 is 1.21 bits per heavy atom. The molecule has 1 aromatic carbocycles. The standard InChI is InChI=1S/C17H15Cl2F3N2O4/c18-10-6-11(19)8-12(7-10)23-15(26)9-28-16(27)13-2-1-4-24(13)5-3-14(25)17(20,21)22/h3,5-8,13H,1-2,4,9H2,(H,23,26). The van der Waals surface area contributed by atoms with E-state index in [1.807, 2.05) is 0 Å². The molecule has 11 heteroatoms. The minimum Gasteiger partial charge on any atom is -0.454 e. The number of halogens is 5. The third-order valence-corrected chi connectivity index (χ3v) is 4.19. The summed E-state index contributed by atoms with van der Waals surface area (Å²) < 4.78 is 41.7. The molecule has 0 aliphatic carbocycles. The third kappa shape index (κ3) is 6.42. The number of esters is 1. The minimum absolute atomic E-state index is 0.286. The van der Waals surface area contributed by atoms with Crippen molar-refractivity contribution in [3.05, 3.63) is 40.5 Å². The van der Waals surface area contributed by atoms with E-state index >= 15 is 0 Å². The van der Waals surface area contributed by atoms with Gasteiger partial charge in [-0.15, -0.1) is 0 Å². The number of allylic oxidation sites excluding steroid dienone is 1. The Hall–Kier alpha value is -2.26. The highest BCUT2D eigenvalue weighted by Crippen LogP contribution is 2.23. The molecule has 2 rings (SSSR count). The second-order valence-corrected chi connectivity index (χ2v) is 6.76. The summed E-state index contributed by atoms with van der Waals surface area (Å²) in [5.74, 6) is -3.44. The molecule has 1 saturated heterocycles. The van der Waals surface area contributed by atoms with Gasteiger partial charge in [-0.05, 0) is 31.0 Å². The lowest BCUT2D eigenvalue weighted by Gasteiger charge is -2.21. The van der Waals surface area contributed by atoms with Crippen LogP contribution >= 0.6 is 23.2 Å². The van der Waals surface area contributed by atoms with E-state index < -0.39 is 36.5 Å². The van der Waals surface area contributed by atoms with Crippen molar-refractivity contribution in [1.82, 2.24) is 4.90 Å². The Labute approximate surface area is 168 Å². The van der Waals surface area contributed by atoms with Gasteiger partial charge in [0.1, 0.15) is 6.04 Å². The van der Waals surface area contributed by atoms with E-state index in [9.17, 15) is 27.6 Å². The molecule has 0 radical (unpaired) electrons. The predicted octanol–water partition coefficient (Wildman–Crippen LogP) is 3.58. The number of benzene rings is 1. The van der Waals surface area contributed by atoms with Gasteiger partial charge in [-0.2, -0.15) is 13.2 Å². The van der Waals surface area contributed by atoms with Gasteiger partial charge in [-0.25, -0.2) is 4.79 Å². The van der Waals surface area contributed by atoms with Gasteiger partial charge in [0.2, 0.25) is 0 Å². The quantitative estimate of drug-likeness (QED) is 0.542. The molecule has 1 N–H and O–H groups in total. The van der Waals surface area contributed by atoms with Gasteiger partial charge >= 0.3 is 12.1 Å². The third-order valence-electron chi connectivity index (χ3n) is 3.75. The van der Waals surface area contributed by atoms with Crippen molar-refractivity contribution in [3.8, 4) is 0 Å². The Morgan fingerprint density at radius 2 is 1.86 bits per heavy atom. The second-order valence-electron chi connectivity index (χ2n) is 5.89. The number of carbonyl (C=O) groups is 3. The number of alkyl halides is 3. The normalized spacial score (nSPS) is 17.0. The number of likely N-dealkylation sites (tertiary alicyclic amines) is 1. The highest BCUT2D eigenvalue weighted by molar-refractivity contribution is 6.35. The molecular weight excluding hydrogens is 424 g/mol. The van der Waals surface area contributed by atoms with Crippen molar-refractivity contribution in [1.29, 1.82) is 0 Å². The number of anilines is 1. The van der Waals surface area contributed by atoms with Crippen LogP contribution in [0.25, 0.3) is 0 Å². The van der Waals surface area contributed by atoms with Gasteiger partial charge in [0.25, 0.3) is 11.7 Å². The van der Waals surface area contributed by atoms with Crippen LogP contribution in [0.2, 0.25) is 10.0 Å². The SMILES string of the molecule is O=C(COC(=O)C1CCCN1C=CC(=O)C(F)(F)F)Nc1cc(Cl)cc(Cl)c1. The molecule has 0 saturated carbocycles. The lowest BCUT2D eigenvalue weighted by molar-refractivity contribution is -0.165. The van der Waals surface area contributed by atoms with Crippen LogP contribution in [0, 0.1) is 0 Å². The van der Waals surface area contributed by atoms with E-state index in [-0.39, 0.29) is 6.54 Å². The topological polar surface area (TPSA) is 75.7 Å². The van der Waals surface area contributed by atoms with E-state index in [0.717, 1.165) is 6.20 Å². The van der Waals surface area contributed by atoms with E-state index in [0.29, 0.717) is 34.7 Å². The molecule has 0 bridgehead atoms. The summed E-state index contributed by atoms with van der Waals surface area (Å²) in [5, 5.41) is 3.07. The van der Waals surface area contributed by atoms with Crippen LogP contribution in [0.15, 0.2) is 30.5 Å². The molecule has 1 aromatic rings. The number of amides is 1. The van der Waals surface area contributed by atoms with Crippen LogP contribution < -0.4 is 5.32 Å². The van der Waals surface area contributed by atoms with E-state index in [2.05, 4.69) is 5.32 Å². The lowest BCUT2D eigenvalue weighted by Crippen LogP contribution is -2.35. The lowest BCUT2D eigenvalue weighted by atomic mass is 10.2. The first-order chi connectivity index (χ1) is 13.1. The van der Waals surface area contributed by atoms with Gasteiger partial charge in [0.15, 0.2) is 6.61 Å². The molecule has 1 aliphatic rings. The van der Waals surface area contributed by atoms with Crippen LogP contribution in [0.1, 0.15) is 12.8 Å². The van der Waals surface area contributed by atoms with Gasteiger partial charge in [0, 0.05) is 34.6 Å². The maximum Gasteiger partial charge on any atom is 0.454 e. The van der Waals surface area contributed by atoms with E-state index in [1.165, 1.54) is 23.1 Å². The zero-order valence-electron chi connectivity index (χ0n) is 14.3. The maximum atomic E-state index is 12.2. The van der Waals surface area contributed by atoms with Crippen molar-refractivity contribution < 1.29 is 32.3 Å². The maximum absolute atomic E-state index is 12.2. The summed E-state index contributed by atoms with van der Waals surface area (Å²) in [6, 6.07) is 3.51. The largest absolute Gasteiger partial charge is 0.454 e. The zero-order valence-corrected chi connectivity index (χ0v) is 15.8. The molecular formula is C17H15Cl2F3N2O4. The highest BCUT2D eigenvalue weighted by Gasteiger charge is 2.37. The van der Waals surface area contributed by atoms with Crippen molar-refractivity contribution in [3.63, 3.8) is 0 Å². The molecule has 1 heterocycles. The van der Waals surface area contributed by atoms with Gasteiger partial charge in [-0.1, -0.05) is 23.2 Å². The van der Waals surface area contributed by atoms with Crippen molar-refractivity contribution in [2.45, 2.75) is 25.1 Å². The van der Waals surface area contributed by atoms with Gasteiger partial charge < -0.3 is 15.0 Å². The van der Waals surface area contributed by atoms with Crippen molar-refractivity contribution in [2.75, 3.05) is 18.5 Å². The molecule has 0 spiro atoms. The monoisotopic (exact) mass is 438 g/mol. The fraction of sp³-hybridized carbons (Fsp3) is 0.353. The zero-order chi connectivity index (χ0) is 20.9. The average molecular weight is 439 g/mol. The number of nitrogens with zero attached hydrogens (tertiary/aromatic N) is 1.